The monoisotopic (exact) mass is 379 g/mol. The number of ether oxygens (including phenoxy) is 1. The summed E-state index contributed by atoms with van der Waals surface area (Å²) in [5, 5.41) is 11.9. The van der Waals surface area contributed by atoms with E-state index in [0.29, 0.717) is 22.6 Å². The molecule has 27 heavy (non-hydrogen) atoms. The van der Waals surface area contributed by atoms with Crippen molar-refractivity contribution < 1.29 is 9.26 Å². The zero-order valence-corrected chi connectivity index (χ0v) is 15.7. The number of aromatic amines is 1. The Bertz CT molecular complexity index is 1040. The van der Waals surface area contributed by atoms with Crippen LogP contribution in [0.1, 0.15) is 11.5 Å². The van der Waals surface area contributed by atoms with Gasteiger partial charge in [0.05, 0.1) is 12.9 Å². The maximum Gasteiger partial charge on any atom is 0.237 e. The fourth-order valence-corrected chi connectivity index (χ4v) is 3.11. The number of thioether (sulfide) groups is 1. The van der Waals surface area contributed by atoms with Gasteiger partial charge in [0, 0.05) is 11.1 Å². The zero-order valence-electron chi connectivity index (χ0n) is 14.8. The van der Waals surface area contributed by atoms with Gasteiger partial charge in [0.25, 0.3) is 0 Å². The highest BCUT2D eigenvalue weighted by Crippen LogP contribution is 2.25. The summed E-state index contributed by atoms with van der Waals surface area (Å²) >= 11 is 1.43. The normalized spacial score (nSPS) is 10.9. The van der Waals surface area contributed by atoms with Crippen molar-refractivity contribution in [2.75, 3.05) is 7.11 Å². The van der Waals surface area contributed by atoms with Gasteiger partial charge in [0.2, 0.25) is 16.9 Å². The maximum absolute atomic E-state index is 5.33. The number of H-pyrrole nitrogens is 1. The molecule has 136 valence electrons. The third-order valence-corrected chi connectivity index (χ3v) is 4.74. The van der Waals surface area contributed by atoms with Gasteiger partial charge in [-0.15, -0.1) is 5.10 Å². The Hall–Kier alpha value is -3.13. The predicted octanol–water partition coefficient (Wildman–Crippen LogP) is 4.13. The maximum atomic E-state index is 5.33. The summed E-state index contributed by atoms with van der Waals surface area (Å²) in [6, 6.07) is 15.7. The van der Waals surface area contributed by atoms with Gasteiger partial charge >= 0.3 is 0 Å². The van der Waals surface area contributed by atoms with Crippen molar-refractivity contribution in [3.8, 4) is 28.5 Å². The topological polar surface area (TPSA) is 89.7 Å². The van der Waals surface area contributed by atoms with E-state index in [-0.39, 0.29) is 0 Å². The lowest BCUT2D eigenvalue weighted by Gasteiger charge is -1.99. The van der Waals surface area contributed by atoms with Crippen LogP contribution in [0.3, 0.4) is 0 Å². The molecule has 0 fully saturated rings. The van der Waals surface area contributed by atoms with E-state index in [1.807, 2.05) is 48.5 Å². The van der Waals surface area contributed by atoms with Crippen molar-refractivity contribution in [3.63, 3.8) is 0 Å². The van der Waals surface area contributed by atoms with Crippen LogP contribution in [0.15, 0.2) is 58.2 Å². The largest absolute Gasteiger partial charge is 0.497 e. The highest BCUT2D eigenvalue weighted by Gasteiger charge is 2.12. The van der Waals surface area contributed by atoms with Crippen molar-refractivity contribution >= 4 is 11.8 Å². The van der Waals surface area contributed by atoms with Gasteiger partial charge in [-0.2, -0.15) is 4.98 Å². The van der Waals surface area contributed by atoms with Gasteiger partial charge < -0.3 is 9.26 Å². The van der Waals surface area contributed by atoms with Crippen LogP contribution in [-0.4, -0.2) is 32.4 Å². The van der Waals surface area contributed by atoms with Gasteiger partial charge in [0.15, 0.2) is 5.82 Å². The highest BCUT2D eigenvalue weighted by molar-refractivity contribution is 7.98. The average molecular weight is 379 g/mol. The molecule has 0 unspecified atom stereocenters. The van der Waals surface area contributed by atoms with Crippen LogP contribution in [0, 0.1) is 6.92 Å². The molecule has 2 aromatic carbocycles. The molecular formula is C19H17N5O2S. The van der Waals surface area contributed by atoms with E-state index in [0.717, 1.165) is 22.7 Å². The molecule has 0 amide bonds. The molecule has 0 bridgehead atoms. The Morgan fingerprint density at radius 1 is 1.07 bits per heavy atom. The second-order valence-corrected chi connectivity index (χ2v) is 6.81. The smallest absolute Gasteiger partial charge is 0.237 e. The Labute approximate surface area is 160 Å². The molecule has 7 nitrogen and oxygen atoms in total. The minimum absolute atomic E-state index is 0.488. The lowest BCUT2D eigenvalue weighted by molar-refractivity contribution is 0.391. The fourth-order valence-electron chi connectivity index (χ4n) is 2.47. The third-order valence-electron chi connectivity index (χ3n) is 3.91. The first-order valence-corrected chi connectivity index (χ1v) is 9.29. The molecule has 1 N–H and O–H groups in total. The fraction of sp³-hybridized carbons (Fsp3) is 0.158. The van der Waals surface area contributed by atoms with Crippen LogP contribution >= 0.6 is 11.8 Å². The quantitative estimate of drug-likeness (QED) is 0.504. The SMILES string of the molecule is COc1cccc(-c2noc(CSc3n[nH]c(-c4ccc(C)cc4)n3)n2)c1. The molecule has 0 saturated heterocycles. The standard InChI is InChI=1S/C19H17N5O2S/c1-12-6-8-13(9-7-12)17-21-19(23-22-17)27-11-16-20-18(24-26-16)14-4-3-5-15(10-14)25-2/h3-10H,11H2,1-2H3,(H,21,22,23). The predicted molar refractivity (Wildman–Crippen MR) is 102 cm³/mol. The number of hydrogen-bond acceptors (Lipinski definition) is 7. The minimum Gasteiger partial charge on any atom is -0.497 e. The molecule has 0 aliphatic heterocycles. The number of aromatic nitrogens is 5. The van der Waals surface area contributed by atoms with E-state index < -0.39 is 0 Å². The van der Waals surface area contributed by atoms with Gasteiger partial charge in [0.1, 0.15) is 5.75 Å². The molecule has 0 atom stereocenters. The summed E-state index contributed by atoms with van der Waals surface area (Å²) in [6.07, 6.45) is 0. The summed E-state index contributed by atoms with van der Waals surface area (Å²) in [5.74, 6) is 3.01. The second-order valence-electron chi connectivity index (χ2n) is 5.86. The van der Waals surface area contributed by atoms with Gasteiger partial charge in [-0.3, -0.25) is 5.10 Å². The number of aryl methyl sites for hydroxylation is 1. The number of nitrogens with zero attached hydrogens (tertiary/aromatic N) is 4. The number of nitrogens with one attached hydrogen (secondary N) is 1. The van der Waals surface area contributed by atoms with Crippen molar-refractivity contribution in [2.24, 2.45) is 0 Å². The Morgan fingerprint density at radius 3 is 2.74 bits per heavy atom. The molecule has 8 heteroatoms. The second kappa shape index (κ2) is 7.63. The number of rotatable bonds is 6. The first-order chi connectivity index (χ1) is 13.2. The summed E-state index contributed by atoms with van der Waals surface area (Å²) in [5.41, 5.74) is 3.04. The van der Waals surface area contributed by atoms with Crippen molar-refractivity contribution in [2.45, 2.75) is 17.8 Å². The van der Waals surface area contributed by atoms with Crippen LogP contribution in [0.4, 0.5) is 0 Å². The van der Waals surface area contributed by atoms with E-state index >= 15 is 0 Å². The molecule has 4 rings (SSSR count). The lowest BCUT2D eigenvalue weighted by Crippen LogP contribution is -1.86. The van der Waals surface area contributed by atoms with Crippen LogP contribution < -0.4 is 4.74 Å². The molecule has 4 aromatic rings. The first-order valence-electron chi connectivity index (χ1n) is 8.30. The minimum atomic E-state index is 0.488. The summed E-state index contributed by atoms with van der Waals surface area (Å²) in [4.78, 5) is 8.93. The lowest BCUT2D eigenvalue weighted by atomic mass is 10.1. The van der Waals surface area contributed by atoms with Crippen LogP contribution in [0.5, 0.6) is 5.75 Å². The average Bonchev–Trinajstić information content (AvgIpc) is 3.37. The van der Waals surface area contributed by atoms with E-state index in [1.54, 1.807) is 7.11 Å². The summed E-state index contributed by atoms with van der Waals surface area (Å²) in [6.45, 7) is 2.05. The number of benzene rings is 2. The molecule has 0 saturated carbocycles. The van der Waals surface area contributed by atoms with Gasteiger partial charge in [-0.25, -0.2) is 4.98 Å². The Kier molecular flexibility index (Phi) is 4.88. The molecule has 2 heterocycles. The van der Waals surface area contributed by atoms with Crippen molar-refractivity contribution in [3.05, 3.63) is 60.0 Å². The van der Waals surface area contributed by atoms with E-state index in [4.69, 9.17) is 9.26 Å². The van der Waals surface area contributed by atoms with Crippen LogP contribution in [0.25, 0.3) is 22.8 Å². The third kappa shape index (κ3) is 4.01. The zero-order chi connectivity index (χ0) is 18.6. The van der Waals surface area contributed by atoms with Crippen LogP contribution in [-0.2, 0) is 5.75 Å². The molecule has 0 radical (unpaired) electrons. The molecule has 0 spiro atoms. The number of hydrogen-bond donors (Lipinski definition) is 1. The van der Waals surface area contributed by atoms with Crippen molar-refractivity contribution in [1.82, 2.24) is 25.3 Å². The Morgan fingerprint density at radius 2 is 1.93 bits per heavy atom. The van der Waals surface area contributed by atoms with Crippen LogP contribution in [0.2, 0.25) is 0 Å². The Balaban J connectivity index is 1.42. The number of methoxy groups -OCH3 is 1. The van der Waals surface area contributed by atoms with Gasteiger partial charge in [-0.05, 0) is 19.1 Å². The summed E-state index contributed by atoms with van der Waals surface area (Å²) in [7, 11) is 1.62. The van der Waals surface area contributed by atoms with E-state index in [9.17, 15) is 0 Å². The van der Waals surface area contributed by atoms with Gasteiger partial charge in [-0.1, -0.05) is 58.9 Å². The molecular weight excluding hydrogens is 362 g/mol. The van der Waals surface area contributed by atoms with E-state index in [2.05, 4.69) is 32.2 Å². The molecule has 0 aliphatic carbocycles. The molecule has 0 aliphatic rings. The summed E-state index contributed by atoms with van der Waals surface area (Å²) < 4.78 is 10.6. The first kappa shape index (κ1) is 17.3. The van der Waals surface area contributed by atoms with E-state index in [1.165, 1.54) is 17.3 Å². The molecule has 2 aromatic heterocycles. The van der Waals surface area contributed by atoms with Crippen molar-refractivity contribution in [1.29, 1.82) is 0 Å². The highest BCUT2D eigenvalue weighted by atomic mass is 32.2.